The molecule has 0 N–H and O–H groups in total. The van der Waals surface area contributed by atoms with Crippen molar-refractivity contribution >= 4 is 37.2 Å². The van der Waals surface area contributed by atoms with Gasteiger partial charge in [0, 0.05) is 28.8 Å². The maximum absolute atomic E-state index is 12.4. The molecule has 0 unspecified atom stereocenters. The monoisotopic (exact) mass is 339 g/mol. The highest BCUT2D eigenvalue weighted by molar-refractivity contribution is 8.13. The molecule has 1 rings (SSSR count). The maximum atomic E-state index is 12.4. The fourth-order valence-corrected chi connectivity index (χ4v) is 3.11. The highest BCUT2D eigenvalue weighted by atomic mass is 35.7. The molecule has 0 aliphatic carbocycles. The number of carbonyl (C=O) groups is 1. The Morgan fingerprint density at radius 3 is 2.25 bits per heavy atom. The summed E-state index contributed by atoms with van der Waals surface area (Å²) in [7, 11) is 2.55. The number of amides is 1. The van der Waals surface area contributed by atoms with Crippen molar-refractivity contribution in [3.05, 3.63) is 22.7 Å². The zero-order valence-corrected chi connectivity index (χ0v) is 13.6. The molecule has 0 heterocycles. The highest BCUT2D eigenvalue weighted by Crippen LogP contribution is 2.34. The molecular weight excluding hydrogens is 325 g/mol. The summed E-state index contributed by atoms with van der Waals surface area (Å²) in [6.45, 7) is 4.59. The molecule has 20 heavy (non-hydrogen) atoms. The van der Waals surface area contributed by atoms with Crippen LogP contribution in [0, 0.1) is 0 Å². The summed E-state index contributed by atoms with van der Waals surface area (Å²) in [4.78, 5) is 13.6. The van der Waals surface area contributed by atoms with Gasteiger partial charge in [-0.1, -0.05) is 11.6 Å². The molecule has 1 aromatic carbocycles. The Kier molecular flexibility index (Phi) is 5.68. The molecular formula is C12H15Cl2NO4S. The van der Waals surface area contributed by atoms with E-state index in [1.807, 2.05) is 13.8 Å². The molecule has 8 heteroatoms. The van der Waals surface area contributed by atoms with Gasteiger partial charge in [-0.2, -0.15) is 0 Å². The lowest BCUT2D eigenvalue weighted by atomic mass is 10.1. The van der Waals surface area contributed by atoms with Crippen LogP contribution in [0.3, 0.4) is 0 Å². The van der Waals surface area contributed by atoms with E-state index < -0.39 is 9.05 Å². The minimum absolute atomic E-state index is 0.0722. The normalized spacial score (nSPS) is 11.2. The first-order valence-corrected chi connectivity index (χ1v) is 8.56. The Hall–Kier alpha value is -0.980. The summed E-state index contributed by atoms with van der Waals surface area (Å²) in [6.07, 6.45) is 0. The Bertz CT molecular complexity index is 612. The second kappa shape index (κ2) is 6.65. The van der Waals surface area contributed by atoms with Gasteiger partial charge in [0.2, 0.25) is 0 Å². The number of methoxy groups -OCH3 is 1. The smallest absolute Gasteiger partial charge is 0.265 e. The van der Waals surface area contributed by atoms with Gasteiger partial charge < -0.3 is 9.64 Å². The summed E-state index contributed by atoms with van der Waals surface area (Å²) in [5.41, 5.74) is 0.0722. The minimum atomic E-state index is -4.07. The lowest BCUT2D eigenvalue weighted by Crippen LogP contribution is -2.31. The third kappa shape index (κ3) is 3.56. The number of rotatable bonds is 5. The van der Waals surface area contributed by atoms with E-state index in [1.54, 1.807) is 0 Å². The molecule has 1 aromatic rings. The fourth-order valence-electron chi connectivity index (χ4n) is 1.80. The molecule has 0 bridgehead atoms. The molecule has 0 aromatic heterocycles. The van der Waals surface area contributed by atoms with Crippen LogP contribution in [0.25, 0.3) is 0 Å². The van der Waals surface area contributed by atoms with E-state index in [0.29, 0.717) is 13.1 Å². The lowest BCUT2D eigenvalue weighted by Gasteiger charge is -2.21. The Morgan fingerprint density at radius 2 is 1.85 bits per heavy atom. The molecule has 0 fully saturated rings. The average Bonchev–Trinajstić information content (AvgIpc) is 2.37. The summed E-state index contributed by atoms with van der Waals surface area (Å²) >= 11 is 5.87. The van der Waals surface area contributed by atoms with Gasteiger partial charge in [-0.05, 0) is 26.0 Å². The number of benzene rings is 1. The van der Waals surface area contributed by atoms with Gasteiger partial charge in [0.15, 0.2) is 5.75 Å². The lowest BCUT2D eigenvalue weighted by molar-refractivity contribution is 0.0769. The Balaban J connectivity index is 3.55. The molecule has 0 aliphatic heterocycles. The Labute approximate surface area is 127 Å². The van der Waals surface area contributed by atoms with Gasteiger partial charge in [0.05, 0.1) is 12.7 Å². The van der Waals surface area contributed by atoms with Crippen LogP contribution in [0.1, 0.15) is 24.2 Å². The first-order valence-electron chi connectivity index (χ1n) is 5.87. The quantitative estimate of drug-likeness (QED) is 0.773. The predicted molar refractivity (Wildman–Crippen MR) is 78.3 cm³/mol. The van der Waals surface area contributed by atoms with Crippen LogP contribution in [-0.4, -0.2) is 39.4 Å². The third-order valence-electron chi connectivity index (χ3n) is 2.77. The van der Waals surface area contributed by atoms with Crippen molar-refractivity contribution in [1.82, 2.24) is 4.90 Å². The summed E-state index contributed by atoms with van der Waals surface area (Å²) in [6, 6.07) is 2.52. The second-order valence-corrected chi connectivity index (χ2v) is 6.87. The number of hydrogen-bond acceptors (Lipinski definition) is 4. The molecule has 0 atom stereocenters. The molecule has 5 nitrogen and oxygen atoms in total. The van der Waals surface area contributed by atoms with Crippen molar-refractivity contribution in [2.75, 3.05) is 20.2 Å². The Morgan fingerprint density at radius 1 is 1.30 bits per heavy atom. The van der Waals surface area contributed by atoms with Crippen molar-refractivity contribution in [2.24, 2.45) is 0 Å². The van der Waals surface area contributed by atoms with E-state index >= 15 is 0 Å². The predicted octanol–water partition coefficient (Wildman–Crippen LogP) is 2.76. The third-order valence-corrected chi connectivity index (χ3v) is 4.31. The molecule has 0 spiro atoms. The van der Waals surface area contributed by atoms with Crippen molar-refractivity contribution in [2.45, 2.75) is 18.7 Å². The number of carbonyl (C=O) groups excluding carboxylic acids is 1. The van der Waals surface area contributed by atoms with Crippen molar-refractivity contribution in [3.8, 4) is 5.75 Å². The van der Waals surface area contributed by atoms with Gasteiger partial charge in [-0.15, -0.1) is 0 Å². The minimum Gasteiger partial charge on any atom is -0.494 e. The first-order chi connectivity index (χ1) is 9.26. The first kappa shape index (κ1) is 17.1. The molecule has 0 aliphatic rings. The molecule has 0 saturated carbocycles. The number of halogens is 2. The largest absolute Gasteiger partial charge is 0.494 e. The average molecular weight is 340 g/mol. The van der Waals surface area contributed by atoms with E-state index in [9.17, 15) is 13.2 Å². The molecule has 1 amide bonds. The van der Waals surface area contributed by atoms with Crippen LogP contribution in [0.5, 0.6) is 5.75 Å². The van der Waals surface area contributed by atoms with Gasteiger partial charge >= 0.3 is 0 Å². The van der Waals surface area contributed by atoms with Gasteiger partial charge in [0.25, 0.3) is 15.0 Å². The standard InChI is InChI=1S/C12H15Cl2NO4S/c1-4-15(5-2)12(16)9-6-8(13)7-10(11(9)19-3)20(14,17)18/h6-7H,4-5H2,1-3H3. The number of nitrogens with zero attached hydrogens (tertiary/aromatic N) is 1. The second-order valence-electron chi connectivity index (χ2n) is 3.90. The fraction of sp³-hybridized carbons (Fsp3) is 0.417. The van der Waals surface area contributed by atoms with Crippen molar-refractivity contribution in [3.63, 3.8) is 0 Å². The van der Waals surface area contributed by atoms with Crippen LogP contribution in [0.4, 0.5) is 0 Å². The van der Waals surface area contributed by atoms with Crippen LogP contribution < -0.4 is 4.74 Å². The summed E-state index contributed by atoms with van der Waals surface area (Å²) in [5, 5.41) is 0.0977. The van der Waals surface area contributed by atoms with Gasteiger partial charge in [-0.3, -0.25) is 4.79 Å². The molecule has 0 saturated heterocycles. The van der Waals surface area contributed by atoms with Crippen LogP contribution in [0.2, 0.25) is 5.02 Å². The number of hydrogen-bond donors (Lipinski definition) is 0. The van der Waals surface area contributed by atoms with Crippen LogP contribution in [-0.2, 0) is 9.05 Å². The number of ether oxygens (including phenoxy) is 1. The van der Waals surface area contributed by atoms with E-state index in [0.717, 1.165) is 6.07 Å². The van der Waals surface area contributed by atoms with Crippen molar-refractivity contribution in [1.29, 1.82) is 0 Å². The van der Waals surface area contributed by atoms with Crippen molar-refractivity contribution < 1.29 is 17.9 Å². The topological polar surface area (TPSA) is 63.7 Å². The zero-order chi connectivity index (χ0) is 15.5. The highest BCUT2D eigenvalue weighted by Gasteiger charge is 2.26. The molecule has 0 radical (unpaired) electrons. The summed E-state index contributed by atoms with van der Waals surface area (Å²) < 4.78 is 28.1. The maximum Gasteiger partial charge on any atom is 0.265 e. The van der Waals surface area contributed by atoms with Crippen LogP contribution in [0.15, 0.2) is 17.0 Å². The van der Waals surface area contributed by atoms with E-state index in [-0.39, 0.29) is 27.1 Å². The van der Waals surface area contributed by atoms with E-state index in [4.69, 9.17) is 27.0 Å². The van der Waals surface area contributed by atoms with Gasteiger partial charge in [0.1, 0.15) is 4.90 Å². The molecule has 112 valence electrons. The van der Waals surface area contributed by atoms with Gasteiger partial charge in [-0.25, -0.2) is 8.42 Å². The van der Waals surface area contributed by atoms with E-state index in [1.165, 1.54) is 18.1 Å². The summed E-state index contributed by atoms with van der Waals surface area (Å²) in [5.74, 6) is -0.461. The van der Waals surface area contributed by atoms with E-state index in [2.05, 4.69) is 0 Å². The van der Waals surface area contributed by atoms with Crippen LogP contribution >= 0.6 is 22.3 Å². The SMILES string of the molecule is CCN(CC)C(=O)c1cc(Cl)cc(S(=O)(=O)Cl)c1OC. The zero-order valence-electron chi connectivity index (χ0n) is 11.3.